The van der Waals surface area contributed by atoms with Crippen molar-refractivity contribution in [3.8, 4) is 0 Å². The average Bonchev–Trinajstić information content (AvgIpc) is 3.19. The predicted octanol–water partition coefficient (Wildman–Crippen LogP) is 4.13. The van der Waals surface area contributed by atoms with E-state index in [1.807, 2.05) is 32.0 Å². The molecule has 0 aliphatic heterocycles. The predicted molar refractivity (Wildman–Crippen MR) is 106 cm³/mol. The summed E-state index contributed by atoms with van der Waals surface area (Å²) in [7, 11) is 0. The summed E-state index contributed by atoms with van der Waals surface area (Å²) in [4.78, 5) is 21.1. The smallest absolute Gasteiger partial charge is 0.271 e. The van der Waals surface area contributed by atoms with Crippen LogP contribution in [-0.4, -0.2) is 21.6 Å². The van der Waals surface area contributed by atoms with Crippen molar-refractivity contribution in [3.63, 3.8) is 0 Å². The Balaban J connectivity index is 1.58. The van der Waals surface area contributed by atoms with E-state index in [4.69, 9.17) is 4.42 Å². The highest BCUT2D eigenvalue weighted by Crippen LogP contribution is 2.20. The molecule has 0 atom stereocenters. The van der Waals surface area contributed by atoms with E-state index in [1.54, 1.807) is 49.2 Å². The van der Waals surface area contributed by atoms with Crippen LogP contribution >= 0.6 is 11.8 Å². The summed E-state index contributed by atoms with van der Waals surface area (Å²) in [6.07, 6.45) is 1.57. The van der Waals surface area contributed by atoms with Gasteiger partial charge in [0.25, 0.3) is 5.91 Å². The third kappa shape index (κ3) is 5.27. The summed E-state index contributed by atoms with van der Waals surface area (Å²) >= 11 is 1.57. The monoisotopic (exact) mass is 380 g/mol. The van der Waals surface area contributed by atoms with Crippen LogP contribution in [0.1, 0.15) is 40.0 Å². The number of carbonyl (C=O) groups excluding carboxylic acids is 1. The van der Waals surface area contributed by atoms with Crippen molar-refractivity contribution in [1.29, 1.82) is 0 Å². The standard InChI is InChI=1S/C20H20N4O2S/c1-13-11-14(2)22-20(21-13)27-12-16-6-8-17(9-7-16)19(25)24-23-15(3)18-5-4-10-26-18/h4-11H,12H2,1-3H3,(H,24,25)/b23-15-. The van der Waals surface area contributed by atoms with Gasteiger partial charge in [0.2, 0.25) is 0 Å². The van der Waals surface area contributed by atoms with Crippen LogP contribution in [0.3, 0.4) is 0 Å². The van der Waals surface area contributed by atoms with Gasteiger partial charge in [-0.25, -0.2) is 15.4 Å². The topological polar surface area (TPSA) is 80.4 Å². The summed E-state index contributed by atoms with van der Waals surface area (Å²) < 4.78 is 5.23. The molecule has 1 aromatic carbocycles. The molecule has 27 heavy (non-hydrogen) atoms. The molecule has 138 valence electrons. The van der Waals surface area contributed by atoms with E-state index in [1.165, 1.54) is 0 Å². The van der Waals surface area contributed by atoms with Crippen LogP contribution in [-0.2, 0) is 5.75 Å². The summed E-state index contributed by atoms with van der Waals surface area (Å²) in [5, 5.41) is 4.82. The van der Waals surface area contributed by atoms with Crippen LogP contribution in [0.15, 0.2) is 63.4 Å². The summed E-state index contributed by atoms with van der Waals surface area (Å²) in [5.41, 5.74) is 6.70. The van der Waals surface area contributed by atoms with Crippen molar-refractivity contribution in [1.82, 2.24) is 15.4 Å². The van der Waals surface area contributed by atoms with Gasteiger partial charge >= 0.3 is 0 Å². The maximum atomic E-state index is 12.2. The molecule has 1 amide bonds. The fraction of sp³-hybridized carbons (Fsp3) is 0.200. The molecule has 0 fully saturated rings. The van der Waals surface area contributed by atoms with E-state index in [9.17, 15) is 4.79 Å². The number of hydrogen-bond acceptors (Lipinski definition) is 6. The fourth-order valence-electron chi connectivity index (χ4n) is 2.40. The number of aromatic nitrogens is 2. The Kier molecular flexibility index (Phi) is 6.03. The summed E-state index contributed by atoms with van der Waals surface area (Å²) in [6, 6.07) is 12.9. The number of carbonyl (C=O) groups is 1. The van der Waals surface area contributed by atoms with Gasteiger partial charge in [-0.1, -0.05) is 23.9 Å². The number of nitrogens with one attached hydrogen (secondary N) is 1. The van der Waals surface area contributed by atoms with Crippen molar-refractivity contribution in [2.75, 3.05) is 0 Å². The Morgan fingerprint density at radius 1 is 1.15 bits per heavy atom. The van der Waals surface area contributed by atoms with E-state index in [0.29, 0.717) is 17.0 Å². The van der Waals surface area contributed by atoms with E-state index in [-0.39, 0.29) is 5.91 Å². The minimum atomic E-state index is -0.266. The van der Waals surface area contributed by atoms with Crippen molar-refractivity contribution in [2.45, 2.75) is 31.7 Å². The normalized spacial score (nSPS) is 11.4. The number of amides is 1. The number of benzene rings is 1. The lowest BCUT2D eigenvalue weighted by atomic mass is 10.1. The first-order valence-corrected chi connectivity index (χ1v) is 9.42. The summed E-state index contributed by atoms with van der Waals surface area (Å²) in [5.74, 6) is 1.09. The van der Waals surface area contributed by atoms with Crippen molar-refractivity contribution < 1.29 is 9.21 Å². The molecule has 0 saturated heterocycles. The Labute approximate surface area is 162 Å². The lowest BCUT2D eigenvalue weighted by Crippen LogP contribution is -2.19. The van der Waals surface area contributed by atoms with Crippen molar-refractivity contribution in [2.24, 2.45) is 5.10 Å². The SMILES string of the molecule is C/C(=N/NC(=O)c1ccc(CSc2nc(C)cc(C)n2)cc1)c1ccco1. The molecule has 0 radical (unpaired) electrons. The average molecular weight is 380 g/mol. The van der Waals surface area contributed by atoms with Gasteiger partial charge in [0.15, 0.2) is 5.16 Å². The number of aryl methyl sites for hydroxylation is 2. The molecule has 3 rings (SSSR count). The molecular weight excluding hydrogens is 360 g/mol. The number of hydrogen-bond donors (Lipinski definition) is 1. The lowest BCUT2D eigenvalue weighted by molar-refractivity contribution is 0.0955. The molecule has 6 nitrogen and oxygen atoms in total. The largest absolute Gasteiger partial charge is 0.463 e. The Morgan fingerprint density at radius 2 is 1.85 bits per heavy atom. The van der Waals surface area contributed by atoms with Crippen LogP contribution in [0.4, 0.5) is 0 Å². The van der Waals surface area contributed by atoms with Gasteiger partial charge in [-0.3, -0.25) is 4.79 Å². The molecule has 1 N–H and O–H groups in total. The first-order valence-electron chi connectivity index (χ1n) is 8.44. The van der Waals surface area contributed by atoms with Gasteiger partial charge in [-0.05, 0) is 56.7 Å². The molecular formula is C20H20N4O2S. The second kappa shape index (κ2) is 8.64. The van der Waals surface area contributed by atoms with E-state index < -0.39 is 0 Å². The van der Waals surface area contributed by atoms with Gasteiger partial charge in [0, 0.05) is 22.7 Å². The number of furan rings is 1. The molecule has 2 aromatic heterocycles. The quantitative estimate of drug-likeness (QED) is 0.301. The lowest BCUT2D eigenvalue weighted by Gasteiger charge is -2.05. The van der Waals surface area contributed by atoms with Crippen LogP contribution < -0.4 is 5.43 Å². The minimum absolute atomic E-state index is 0.266. The maximum Gasteiger partial charge on any atom is 0.271 e. The molecule has 0 aliphatic carbocycles. The van der Waals surface area contributed by atoms with Gasteiger partial charge in [0.1, 0.15) is 11.5 Å². The molecule has 0 saturated carbocycles. The number of nitrogens with zero attached hydrogens (tertiary/aromatic N) is 3. The van der Waals surface area contributed by atoms with Gasteiger partial charge in [0.05, 0.1) is 6.26 Å². The maximum absolute atomic E-state index is 12.2. The third-order valence-electron chi connectivity index (χ3n) is 3.75. The number of rotatable bonds is 6. The minimum Gasteiger partial charge on any atom is -0.463 e. The number of hydrazone groups is 1. The Hall–Kier alpha value is -2.93. The van der Waals surface area contributed by atoms with Crippen LogP contribution in [0.2, 0.25) is 0 Å². The van der Waals surface area contributed by atoms with Crippen molar-refractivity contribution >= 4 is 23.4 Å². The summed E-state index contributed by atoms with van der Waals surface area (Å²) in [6.45, 7) is 5.69. The molecule has 0 spiro atoms. The molecule has 3 aromatic rings. The highest BCUT2D eigenvalue weighted by molar-refractivity contribution is 7.98. The van der Waals surface area contributed by atoms with Crippen LogP contribution in [0, 0.1) is 13.8 Å². The van der Waals surface area contributed by atoms with Gasteiger partial charge in [-0.2, -0.15) is 5.10 Å². The van der Waals surface area contributed by atoms with E-state index in [0.717, 1.165) is 27.9 Å². The zero-order valence-corrected chi connectivity index (χ0v) is 16.2. The molecule has 0 bridgehead atoms. The zero-order chi connectivity index (χ0) is 19.2. The molecule has 0 aliphatic rings. The molecule has 0 unspecified atom stereocenters. The highest BCUT2D eigenvalue weighted by atomic mass is 32.2. The van der Waals surface area contributed by atoms with Crippen LogP contribution in [0.25, 0.3) is 0 Å². The first-order chi connectivity index (χ1) is 13.0. The Morgan fingerprint density at radius 3 is 2.48 bits per heavy atom. The Bertz CT molecular complexity index is 930. The first kappa shape index (κ1) is 18.8. The van der Waals surface area contributed by atoms with E-state index in [2.05, 4.69) is 20.5 Å². The molecule has 7 heteroatoms. The molecule has 2 heterocycles. The second-order valence-corrected chi connectivity index (χ2v) is 6.98. The van der Waals surface area contributed by atoms with Gasteiger partial charge < -0.3 is 4.42 Å². The van der Waals surface area contributed by atoms with Gasteiger partial charge in [-0.15, -0.1) is 0 Å². The third-order valence-corrected chi connectivity index (χ3v) is 4.67. The van der Waals surface area contributed by atoms with Crippen molar-refractivity contribution in [3.05, 3.63) is 77.0 Å². The second-order valence-electron chi connectivity index (χ2n) is 6.03. The van der Waals surface area contributed by atoms with E-state index >= 15 is 0 Å². The fourth-order valence-corrected chi connectivity index (χ4v) is 3.30. The zero-order valence-electron chi connectivity index (χ0n) is 15.4. The number of thioether (sulfide) groups is 1. The highest BCUT2D eigenvalue weighted by Gasteiger charge is 2.07. The van der Waals surface area contributed by atoms with Crippen LogP contribution in [0.5, 0.6) is 0 Å².